The molecular weight excluding hydrogens is 483 g/mol. The lowest BCUT2D eigenvalue weighted by Gasteiger charge is -2.29. The van der Waals surface area contributed by atoms with Gasteiger partial charge < -0.3 is 30.1 Å². The van der Waals surface area contributed by atoms with Crippen LogP contribution in [0.4, 0.5) is 0 Å². The zero-order chi connectivity index (χ0) is 20.2. The highest BCUT2D eigenvalue weighted by molar-refractivity contribution is 14.0. The Morgan fingerprint density at radius 2 is 2.00 bits per heavy atom. The van der Waals surface area contributed by atoms with Crippen molar-refractivity contribution in [1.29, 1.82) is 0 Å². The number of guanidine groups is 1. The summed E-state index contributed by atoms with van der Waals surface area (Å²) in [6.07, 6.45) is 2.69. The molecule has 1 unspecified atom stereocenters. The molecule has 1 aromatic rings. The minimum atomic E-state index is -0.108. The number of piperidine rings is 1. The molecule has 0 aliphatic carbocycles. The van der Waals surface area contributed by atoms with Crippen LogP contribution in [-0.2, 0) is 0 Å². The summed E-state index contributed by atoms with van der Waals surface area (Å²) in [6.45, 7) is 9.37. The summed E-state index contributed by atoms with van der Waals surface area (Å²) in [4.78, 5) is 7.06. The zero-order valence-electron chi connectivity index (χ0n) is 17.9. The maximum atomic E-state index is 9.57. The van der Waals surface area contributed by atoms with Crippen LogP contribution in [0.3, 0.4) is 0 Å². The molecule has 29 heavy (non-hydrogen) atoms. The second-order valence-corrected chi connectivity index (χ2v) is 7.18. The Bertz CT molecular complexity index is 595. The van der Waals surface area contributed by atoms with Crippen molar-refractivity contribution in [2.75, 3.05) is 46.4 Å². The van der Waals surface area contributed by atoms with Crippen molar-refractivity contribution >= 4 is 29.9 Å². The van der Waals surface area contributed by atoms with Crippen molar-refractivity contribution in [1.82, 2.24) is 15.5 Å². The van der Waals surface area contributed by atoms with Gasteiger partial charge in [0, 0.05) is 32.2 Å². The number of benzene rings is 1. The van der Waals surface area contributed by atoms with Crippen molar-refractivity contribution in [3.8, 4) is 11.5 Å². The number of halogens is 1. The number of methoxy groups -OCH3 is 1. The fourth-order valence-electron chi connectivity index (χ4n) is 3.16. The molecular formula is C21H37IN4O3. The van der Waals surface area contributed by atoms with E-state index in [9.17, 15) is 5.11 Å². The summed E-state index contributed by atoms with van der Waals surface area (Å²) in [5, 5.41) is 16.2. The summed E-state index contributed by atoms with van der Waals surface area (Å²) in [5.41, 5.74) is 0. The summed E-state index contributed by atoms with van der Waals surface area (Å²) >= 11 is 0. The first-order chi connectivity index (χ1) is 13.6. The van der Waals surface area contributed by atoms with Crippen LogP contribution in [0.15, 0.2) is 29.3 Å². The molecule has 0 radical (unpaired) electrons. The molecule has 1 heterocycles. The van der Waals surface area contributed by atoms with E-state index in [2.05, 4.69) is 27.4 Å². The van der Waals surface area contributed by atoms with Gasteiger partial charge in [0.05, 0.1) is 19.8 Å². The summed E-state index contributed by atoms with van der Waals surface area (Å²) in [5.74, 6) is 2.38. The molecule has 166 valence electrons. The topological polar surface area (TPSA) is 78.4 Å². The van der Waals surface area contributed by atoms with Crippen LogP contribution < -0.4 is 20.1 Å². The highest BCUT2D eigenvalue weighted by atomic mass is 127. The molecule has 1 aliphatic heterocycles. The number of aliphatic imine (C=N–C) groups is 1. The molecule has 8 heteroatoms. The fraction of sp³-hybridized carbons (Fsp3) is 0.667. The third kappa shape index (κ3) is 10.4. The van der Waals surface area contributed by atoms with Crippen molar-refractivity contribution in [3.63, 3.8) is 0 Å². The maximum Gasteiger partial charge on any atom is 0.191 e. The number of aliphatic hydroxyl groups is 1. The van der Waals surface area contributed by atoms with Gasteiger partial charge in [0.2, 0.25) is 0 Å². The Balaban J connectivity index is 0.00000420. The van der Waals surface area contributed by atoms with Gasteiger partial charge in [-0.2, -0.15) is 0 Å². The Kier molecular flexibility index (Phi) is 13.0. The smallest absolute Gasteiger partial charge is 0.191 e. The van der Waals surface area contributed by atoms with E-state index in [1.807, 2.05) is 31.2 Å². The van der Waals surface area contributed by atoms with Crippen LogP contribution in [0, 0.1) is 0 Å². The molecule has 1 saturated heterocycles. The molecule has 7 nitrogen and oxygen atoms in total. The van der Waals surface area contributed by atoms with Gasteiger partial charge in [-0.3, -0.25) is 0 Å². The summed E-state index contributed by atoms with van der Waals surface area (Å²) < 4.78 is 11.2. The first-order valence-corrected chi connectivity index (χ1v) is 10.3. The molecule has 1 aromatic carbocycles. The van der Waals surface area contributed by atoms with Gasteiger partial charge >= 0.3 is 0 Å². The van der Waals surface area contributed by atoms with Gasteiger partial charge in [0.25, 0.3) is 0 Å². The van der Waals surface area contributed by atoms with Crippen molar-refractivity contribution < 1.29 is 14.6 Å². The monoisotopic (exact) mass is 520 g/mol. The van der Waals surface area contributed by atoms with Gasteiger partial charge in [-0.15, -0.1) is 24.0 Å². The molecule has 0 aromatic heterocycles. The maximum absolute atomic E-state index is 9.57. The second-order valence-electron chi connectivity index (χ2n) is 7.18. The number of aliphatic hydroxyl groups excluding tert-OH is 1. The molecule has 0 amide bonds. The zero-order valence-corrected chi connectivity index (χ0v) is 20.2. The van der Waals surface area contributed by atoms with Gasteiger partial charge in [0.15, 0.2) is 5.96 Å². The van der Waals surface area contributed by atoms with E-state index in [1.165, 1.54) is 0 Å². The molecule has 3 N–H and O–H groups in total. The average molecular weight is 520 g/mol. The van der Waals surface area contributed by atoms with Crippen LogP contribution in [0.2, 0.25) is 0 Å². The predicted octanol–water partition coefficient (Wildman–Crippen LogP) is 2.48. The fourth-order valence-corrected chi connectivity index (χ4v) is 3.16. The molecule has 0 bridgehead atoms. The third-order valence-electron chi connectivity index (χ3n) is 4.73. The van der Waals surface area contributed by atoms with Gasteiger partial charge in [0.1, 0.15) is 17.6 Å². The minimum Gasteiger partial charge on any atom is -0.497 e. The van der Waals surface area contributed by atoms with E-state index in [-0.39, 0.29) is 36.2 Å². The van der Waals surface area contributed by atoms with Crippen molar-refractivity contribution in [2.24, 2.45) is 4.99 Å². The Morgan fingerprint density at radius 1 is 1.28 bits per heavy atom. The number of nitrogens with one attached hydrogen (secondary N) is 2. The highest BCUT2D eigenvalue weighted by Crippen LogP contribution is 2.19. The average Bonchev–Trinajstić information content (AvgIpc) is 2.70. The number of nitrogens with zero attached hydrogens (tertiary/aromatic N) is 2. The number of rotatable bonds is 10. The van der Waals surface area contributed by atoms with Crippen LogP contribution in [0.5, 0.6) is 11.5 Å². The number of hydrogen-bond acceptors (Lipinski definition) is 5. The SMILES string of the molecule is CCNC(=NCC(C)Oc1cccc(OC)c1)NCCCN1CCC(O)CC1.I. The van der Waals surface area contributed by atoms with E-state index in [1.54, 1.807) is 7.11 Å². The first kappa shape index (κ1) is 25.8. The molecule has 1 aliphatic rings. The number of hydrogen-bond donors (Lipinski definition) is 3. The Hall–Kier alpha value is -1.26. The lowest BCUT2D eigenvalue weighted by Crippen LogP contribution is -2.40. The molecule has 2 rings (SSSR count). The van der Waals surface area contributed by atoms with Crippen LogP contribution in [0.1, 0.15) is 33.1 Å². The van der Waals surface area contributed by atoms with E-state index < -0.39 is 0 Å². The molecule has 0 saturated carbocycles. The largest absolute Gasteiger partial charge is 0.497 e. The van der Waals surface area contributed by atoms with Crippen molar-refractivity contribution in [3.05, 3.63) is 24.3 Å². The normalized spacial score (nSPS) is 16.6. The minimum absolute atomic E-state index is 0. The summed E-state index contributed by atoms with van der Waals surface area (Å²) in [7, 11) is 1.65. The standard InChI is InChI=1S/C21H36N4O3.HI/c1-4-22-21(23-11-6-12-25-13-9-18(26)10-14-25)24-16-17(2)28-20-8-5-7-19(15-20)27-3;/h5,7-8,15,17-18,26H,4,6,9-14,16H2,1-3H3,(H2,22,23,24);1H. The first-order valence-electron chi connectivity index (χ1n) is 10.3. The lowest BCUT2D eigenvalue weighted by molar-refractivity contribution is 0.0823. The third-order valence-corrected chi connectivity index (χ3v) is 4.73. The number of ether oxygens (including phenoxy) is 2. The van der Waals surface area contributed by atoms with Gasteiger partial charge in [-0.1, -0.05) is 6.07 Å². The van der Waals surface area contributed by atoms with Crippen molar-refractivity contribution in [2.45, 2.75) is 45.3 Å². The quantitative estimate of drug-likeness (QED) is 0.191. The lowest BCUT2D eigenvalue weighted by atomic mass is 10.1. The van der Waals surface area contributed by atoms with Crippen LogP contribution in [-0.4, -0.2) is 74.6 Å². The predicted molar refractivity (Wildman–Crippen MR) is 129 cm³/mol. The van der Waals surface area contributed by atoms with Crippen LogP contribution in [0.25, 0.3) is 0 Å². The second kappa shape index (κ2) is 14.7. The van der Waals surface area contributed by atoms with E-state index >= 15 is 0 Å². The summed E-state index contributed by atoms with van der Waals surface area (Å²) in [6, 6.07) is 7.61. The number of likely N-dealkylation sites (tertiary alicyclic amines) is 1. The van der Waals surface area contributed by atoms with E-state index in [0.717, 1.165) is 69.4 Å². The Morgan fingerprint density at radius 3 is 2.69 bits per heavy atom. The van der Waals surface area contributed by atoms with E-state index in [0.29, 0.717) is 6.54 Å². The highest BCUT2D eigenvalue weighted by Gasteiger charge is 2.16. The molecule has 1 fully saturated rings. The van der Waals surface area contributed by atoms with Gasteiger partial charge in [-0.05, 0) is 51.8 Å². The van der Waals surface area contributed by atoms with E-state index in [4.69, 9.17) is 9.47 Å². The van der Waals surface area contributed by atoms with Gasteiger partial charge in [-0.25, -0.2) is 4.99 Å². The van der Waals surface area contributed by atoms with Crippen LogP contribution >= 0.6 is 24.0 Å². The molecule has 0 spiro atoms. The Labute approximate surface area is 192 Å². The molecule has 1 atom stereocenters.